The number of nitrogens with one attached hydrogen (secondary N) is 1. The minimum atomic E-state index is 0.314. The monoisotopic (exact) mass is 430 g/mol. The van der Waals surface area contributed by atoms with Crippen LogP contribution in [0.4, 0.5) is 0 Å². The topological polar surface area (TPSA) is 15.3 Å². The first-order valence-corrected chi connectivity index (χ1v) is 13.8. The van der Waals surface area contributed by atoms with Gasteiger partial charge in [-0.05, 0) is 162 Å². The molecule has 4 rings (SSSR count). The Balaban J connectivity index is 1.29. The van der Waals surface area contributed by atoms with Crippen LogP contribution in [0.15, 0.2) is 0 Å². The van der Waals surface area contributed by atoms with Gasteiger partial charge < -0.3 is 5.32 Å². The zero-order valence-electron chi connectivity index (χ0n) is 22.5. The molecule has 4 aliphatic rings. The Morgan fingerprint density at radius 1 is 0.581 bits per heavy atom. The average molecular weight is 431 g/mol. The van der Waals surface area contributed by atoms with Gasteiger partial charge in [0.15, 0.2) is 0 Å². The Labute approximate surface area is 194 Å². The van der Waals surface area contributed by atoms with Crippen molar-refractivity contribution in [2.75, 3.05) is 7.05 Å². The predicted octanol–water partition coefficient (Wildman–Crippen LogP) is 7.27. The molecule has 4 fully saturated rings. The highest BCUT2D eigenvalue weighted by Crippen LogP contribution is 2.53. The van der Waals surface area contributed by atoms with Crippen LogP contribution < -0.4 is 5.32 Å². The predicted molar refractivity (Wildman–Crippen MR) is 134 cm³/mol. The zero-order valence-corrected chi connectivity index (χ0v) is 22.5. The molecule has 2 saturated carbocycles. The summed E-state index contributed by atoms with van der Waals surface area (Å²) in [4.78, 5) is 2.68. The lowest BCUT2D eigenvalue weighted by Crippen LogP contribution is -2.48. The lowest BCUT2D eigenvalue weighted by Gasteiger charge is -2.44. The fourth-order valence-electron chi connectivity index (χ4n) is 9.31. The molecule has 2 saturated heterocycles. The largest absolute Gasteiger partial charge is 0.307 e. The zero-order chi connectivity index (χ0) is 22.8. The highest BCUT2D eigenvalue weighted by molar-refractivity contribution is 5.07. The van der Waals surface area contributed by atoms with Gasteiger partial charge in [0, 0.05) is 22.2 Å². The summed E-state index contributed by atoms with van der Waals surface area (Å²) in [6.45, 7) is 19.7. The molecule has 2 nitrogen and oxygen atoms in total. The third-order valence-corrected chi connectivity index (χ3v) is 11.2. The Morgan fingerprint density at radius 2 is 1.00 bits per heavy atom. The first kappa shape index (κ1) is 24.1. The van der Waals surface area contributed by atoms with Crippen LogP contribution in [0.25, 0.3) is 0 Å². The summed E-state index contributed by atoms with van der Waals surface area (Å²) in [6, 6.07) is 0. The molecule has 2 unspecified atom stereocenters. The number of rotatable bonds is 3. The fraction of sp³-hybridized carbons (Fsp3) is 1.00. The van der Waals surface area contributed by atoms with Gasteiger partial charge in [0.1, 0.15) is 0 Å². The number of hydrogen-bond donors (Lipinski definition) is 1. The third kappa shape index (κ3) is 4.51. The molecule has 0 aromatic heterocycles. The van der Waals surface area contributed by atoms with Crippen molar-refractivity contribution < 1.29 is 0 Å². The van der Waals surface area contributed by atoms with E-state index in [0.717, 1.165) is 35.5 Å². The van der Waals surface area contributed by atoms with E-state index in [-0.39, 0.29) is 0 Å². The van der Waals surface area contributed by atoms with E-state index in [0.29, 0.717) is 22.2 Å². The van der Waals surface area contributed by atoms with Gasteiger partial charge in [-0.25, -0.2) is 0 Å². The molecule has 2 aliphatic heterocycles. The van der Waals surface area contributed by atoms with E-state index in [1.54, 1.807) is 0 Å². The van der Waals surface area contributed by atoms with Crippen molar-refractivity contribution in [2.45, 2.75) is 142 Å². The molecule has 2 aliphatic carbocycles. The summed E-state index contributed by atoms with van der Waals surface area (Å²) in [7, 11) is 2.37. The summed E-state index contributed by atoms with van der Waals surface area (Å²) in [5.74, 6) is 5.71. The van der Waals surface area contributed by atoms with Gasteiger partial charge in [0.2, 0.25) is 0 Å². The second-order valence-corrected chi connectivity index (χ2v) is 14.7. The Morgan fingerprint density at radius 3 is 1.35 bits per heavy atom. The third-order valence-electron chi connectivity index (χ3n) is 11.2. The van der Waals surface area contributed by atoms with Gasteiger partial charge in [0.05, 0.1) is 0 Å². The van der Waals surface area contributed by atoms with E-state index in [1.807, 2.05) is 0 Å². The van der Waals surface area contributed by atoms with Gasteiger partial charge >= 0.3 is 0 Å². The summed E-state index contributed by atoms with van der Waals surface area (Å²) in [5.41, 5.74) is 1.35. The van der Waals surface area contributed by atoms with Crippen molar-refractivity contribution in [3.8, 4) is 0 Å². The number of hydrogen-bond acceptors (Lipinski definition) is 2. The van der Waals surface area contributed by atoms with Crippen molar-refractivity contribution in [2.24, 2.45) is 35.5 Å². The van der Waals surface area contributed by atoms with Crippen molar-refractivity contribution in [3.63, 3.8) is 0 Å². The molecule has 2 heterocycles. The molecule has 0 radical (unpaired) electrons. The van der Waals surface area contributed by atoms with Crippen LogP contribution in [0.1, 0.15) is 120 Å². The molecular weight excluding hydrogens is 376 g/mol. The Hall–Kier alpha value is -0.0800. The summed E-state index contributed by atoms with van der Waals surface area (Å²) in [5, 5.41) is 3.93. The molecule has 31 heavy (non-hydrogen) atoms. The molecular formula is C29H54N2. The van der Waals surface area contributed by atoms with E-state index in [2.05, 4.69) is 72.7 Å². The molecule has 180 valence electrons. The Bertz CT molecular complexity index is 629. The molecule has 0 bridgehead atoms. The van der Waals surface area contributed by atoms with Crippen LogP contribution in [-0.2, 0) is 0 Å². The summed E-state index contributed by atoms with van der Waals surface area (Å²) in [6.07, 6.45) is 14.8. The molecule has 0 aromatic rings. The van der Waals surface area contributed by atoms with Crippen LogP contribution in [0.3, 0.4) is 0 Å². The maximum absolute atomic E-state index is 3.93. The van der Waals surface area contributed by atoms with Crippen LogP contribution in [0, 0.1) is 35.5 Å². The minimum absolute atomic E-state index is 0.314. The van der Waals surface area contributed by atoms with Crippen LogP contribution in [0.2, 0.25) is 0 Å². The van der Waals surface area contributed by atoms with E-state index < -0.39 is 0 Å². The first-order chi connectivity index (χ1) is 14.2. The summed E-state index contributed by atoms with van der Waals surface area (Å²) < 4.78 is 0. The molecule has 0 spiro atoms. The molecule has 1 N–H and O–H groups in total. The number of likely N-dealkylation sites (tertiary alicyclic amines) is 1. The van der Waals surface area contributed by atoms with Gasteiger partial charge in [-0.1, -0.05) is 0 Å². The highest BCUT2D eigenvalue weighted by Gasteiger charge is 2.52. The maximum Gasteiger partial charge on any atom is 0.0186 e. The quantitative estimate of drug-likeness (QED) is 0.506. The van der Waals surface area contributed by atoms with E-state index in [9.17, 15) is 0 Å². The van der Waals surface area contributed by atoms with Crippen LogP contribution >= 0.6 is 0 Å². The number of nitrogens with zero attached hydrogens (tertiary/aromatic N) is 1. The normalized spacial score (nSPS) is 44.4. The maximum atomic E-state index is 3.93. The van der Waals surface area contributed by atoms with E-state index in [4.69, 9.17) is 0 Å². The molecule has 2 heteroatoms. The smallest absolute Gasteiger partial charge is 0.0186 e. The molecule has 2 atom stereocenters. The van der Waals surface area contributed by atoms with Crippen molar-refractivity contribution in [1.29, 1.82) is 0 Å². The molecule has 0 amide bonds. The Kier molecular flexibility index (Phi) is 6.21. The molecule has 0 aromatic carbocycles. The lowest BCUT2D eigenvalue weighted by atomic mass is 9.63. The first-order valence-electron chi connectivity index (χ1n) is 13.8. The van der Waals surface area contributed by atoms with Crippen molar-refractivity contribution in [3.05, 3.63) is 0 Å². The average Bonchev–Trinajstić information content (AvgIpc) is 3.01. The SMILES string of the molecule is CN1C(C)(C)CC(C2CCC(C3CCC(C4CC(C)(C)NC4(C)C)CC3)CC2)C1(C)C. The van der Waals surface area contributed by atoms with E-state index in [1.165, 1.54) is 64.2 Å². The fourth-order valence-corrected chi connectivity index (χ4v) is 9.31. The second-order valence-electron chi connectivity index (χ2n) is 14.7. The van der Waals surface area contributed by atoms with Crippen LogP contribution in [-0.4, -0.2) is 34.1 Å². The van der Waals surface area contributed by atoms with E-state index >= 15 is 0 Å². The van der Waals surface area contributed by atoms with Gasteiger partial charge in [-0.2, -0.15) is 0 Å². The van der Waals surface area contributed by atoms with Gasteiger partial charge in [-0.15, -0.1) is 0 Å². The van der Waals surface area contributed by atoms with Crippen molar-refractivity contribution in [1.82, 2.24) is 10.2 Å². The minimum Gasteiger partial charge on any atom is -0.307 e. The van der Waals surface area contributed by atoms with Gasteiger partial charge in [0.25, 0.3) is 0 Å². The van der Waals surface area contributed by atoms with Crippen molar-refractivity contribution >= 4 is 0 Å². The van der Waals surface area contributed by atoms with Gasteiger partial charge in [-0.3, -0.25) is 4.90 Å². The highest BCUT2D eigenvalue weighted by atomic mass is 15.3. The second kappa shape index (κ2) is 8.00. The lowest BCUT2D eigenvalue weighted by molar-refractivity contribution is 0.0602. The van der Waals surface area contributed by atoms with Crippen LogP contribution in [0.5, 0.6) is 0 Å². The standard InChI is InChI=1S/C29H54N2/c1-26(2)18-24(28(5,6)30-26)22-14-10-20(11-15-22)21-12-16-23(17-13-21)25-19-27(3,4)31(9)29(25,7)8/h20-25,30H,10-19H2,1-9H3. The summed E-state index contributed by atoms with van der Waals surface area (Å²) >= 11 is 0.